The largest absolute Gasteiger partial charge is 0.534 e. The molecule has 0 unspecified atom stereocenters. The van der Waals surface area contributed by atoms with Gasteiger partial charge in [0.2, 0.25) is 0 Å². The van der Waals surface area contributed by atoms with Gasteiger partial charge in [0.1, 0.15) is 0 Å². The van der Waals surface area contributed by atoms with E-state index >= 15 is 0 Å². The number of phosphoric acid groups is 1. The molecular formula is C5H11O6P. The van der Waals surface area contributed by atoms with Crippen LogP contribution in [0.5, 0.6) is 0 Å². The van der Waals surface area contributed by atoms with Crippen LogP contribution in [0.15, 0.2) is 0 Å². The molecule has 6 nitrogen and oxygen atoms in total. The molecule has 0 rings (SSSR count). The third-order valence-electron chi connectivity index (χ3n) is 0.764. The van der Waals surface area contributed by atoms with Crippen LogP contribution in [-0.2, 0) is 18.1 Å². The Morgan fingerprint density at radius 2 is 1.75 bits per heavy atom. The molecule has 1 N–H and O–H groups in total. The van der Waals surface area contributed by atoms with E-state index in [1.54, 1.807) is 13.8 Å². The quantitative estimate of drug-likeness (QED) is 0.679. The fourth-order valence-electron chi connectivity index (χ4n) is 0.502. The average Bonchev–Trinajstić information content (AvgIpc) is 1.85. The second-order valence-electron chi connectivity index (χ2n) is 1.64. The van der Waals surface area contributed by atoms with Crippen molar-refractivity contribution in [2.45, 2.75) is 13.8 Å². The van der Waals surface area contributed by atoms with Crippen molar-refractivity contribution in [3.05, 3.63) is 0 Å². The van der Waals surface area contributed by atoms with Gasteiger partial charge in [-0.15, -0.1) is 0 Å². The average molecular weight is 198 g/mol. The Bertz CT molecular complexity index is 180. The second kappa shape index (κ2) is 5.13. The van der Waals surface area contributed by atoms with Gasteiger partial charge in [0.25, 0.3) is 0 Å². The highest BCUT2D eigenvalue weighted by atomic mass is 31.2. The summed E-state index contributed by atoms with van der Waals surface area (Å²) in [6.07, 6.45) is -1.68. The molecule has 0 aliphatic rings. The van der Waals surface area contributed by atoms with Crippen LogP contribution in [0, 0.1) is 0 Å². The maximum atomic E-state index is 11.2. The monoisotopic (exact) mass is 198 g/mol. The highest BCUT2D eigenvalue weighted by Crippen LogP contribution is 2.49. The molecule has 0 saturated carbocycles. The Morgan fingerprint density at radius 1 is 1.33 bits per heavy atom. The molecule has 0 fully saturated rings. The number of hydrogen-bond donors (Lipinski definition) is 1. The van der Waals surface area contributed by atoms with Crippen LogP contribution in [0.3, 0.4) is 0 Å². The van der Waals surface area contributed by atoms with Gasteiger partial charge in [-0.3, -0.25) is 9.05 Å². The summed E-state index contributed by atoms with van der Waals surface area (Å²) in [6, 6.07) is 0. The van der Waals surface area contributed by atoms with Crippen LogP contribution >= 0.6 is 7.82 Å². The third-order valence-corrected chi connectivity index (χ3v) is 2.29. The van der Waals surface area contributed by atoms with E-state index in [2.05, 4.69) is 13.6 Å². The minimum Gasteiger partial charge on any atom is -0.449 e. The molecule has 0 aliphatic carbocycles. The van der Waals surface area contributed by atoms with E-state index in [9.17, 15) is 9.36 Å². The van der Waals surface area contributed by atoms with Crippen LogP contribution in [0.4, 0.5) is 4.79 Å². The van der Waals surface area contributed by atoms with Crippen LogP contribution in [-0.4, -0.2) is 24.5 Å². The zero-order valence-electron chi connectivity index (χ0n) is 6.85. The minimum atomic E-state index is -3.88. The predicted octanol–water partition coefficient (Wildman–Crippen LogP) is 1.86. The molecule has 12 heavy (non-hydrogen) atoms. The van der Waals surface area contributed by atoms with Crippen LogP contribution in [0.1, 0.15) is 13.8 Å². The Hall–Kier alpha value is -0.580. The van der Waals surface area contributed by atoms with Crippen molar-refractivity contribution >= 4 is 14.0 Å². The summed E-state index contributed by atoms with van der Waals surface area (Å²) in [5.41, 5.74) is 0. The van der Waals surface area contributed by atoms with Gasteiger partial charge in [-0.1, -0.05) is 0 Å². The van der Waals surface area contributed by atoms with Gasteiger partial charge < -0.3 is 9.63 Å². The van der Waals surface area contributed by atoms with Gasteiger partial charge in [0.05, 0.1) is 13.2 Å². The first kappa shape index (κ1) is 11.4. The molecule has 0 aliphatic heterocycles. The third kappa shape index (κ3) is 4.33. The SMILES string of the molecule is CCOP(=O)(OCC)OC(=O)O. The highest BCUT2D eigenvalue weighted by molar-refractivity contribution is 7.49. The number of phosphoric ester groups is 1. The van der Waals surface area contributed by atoms with Crippen LogP contribution in [0.25, 0.3) is 0 Å². The summed E-state index contributed by atoms with van der Waals surface area (Å²) >= 11 is 0. The molecule has 0 aromatic carbocycles. The van der Waals surface area contributed by atoms with E-state index in [1.807, 2.05) is 0 Å². The number of rotatable bonds is 5. The van der Waals surface area contributed by atoms with Crippen molar-refractivity contribution in [3.63, 3.8) is 0 Å². The van der Waals surface area contributed by atoms with Crippen molar-refractivity contribution < 1.29 is 28.0 Å². The zero-order chi connectivity index (χ0) is 9.61. The molecule has 72 valence electrons. The summed E-state index contributed by atoms with van der Waals surface area (Å²) in [5.74, 6) is 0. The van der Waals surface area contributed by atoms with Gasteiger partial charge >= 0.3 is 14.0 Å². The Kier molecular flexibility index (Phi) is 4.89. The van der Waals surface area contributed by atoms with Crippen molar-refractivity contribution in [2.75, 3.05) is 13.2 Å². The van der Waals surface area contributed by atoms with Gasteiger partial charge in [0.15, 0.2) is 0 Å². The summed E-state index contributed by atoms with van der Waals surface area (Å²) in [5, 5.41) is 8.15. The Labute approximate surface area is 70.0 Å². The van der Waals surface area contributed by atoms with Crippen molar-refractivity contribution in [1.82, 2.24) is 0 Å². The molecular weight excluding hydrogens is 187 g/mol. The molecule has 7 heteroatoms. The molecule has 0 atom stereocenters. The smallest absolute Gasteiger partial charge is 0.449 e. The maximum Gasteiger partial charge on any atom is 0.534 e. The standard InChI is InChI=1S/C5H11O6P/c1-3-9-12(8,10-4-2)11-5(6)7/h3-4H2,1-2H3,(H,6,7). The van der Waals surface area contributed by atoms with Crippen LogP contribution < -0.4 is 0 Å². The van der Waals surface area contributed by atoms with Gasteiger partial charge in [0, 0.05) is 0 Å². The lowest BCUT2D eigenvalue weighted by Gasteiger charge is -2.12. The van der Waals surface area contributed by atoms with Gasteiger partial charge in [-0.05, 0) is 13.8 Å². The van der Waals surface area contributed by atoms with Crippen molar-refractivity contribution in [1.29, 1.82) is 0 Å². The van der Waals surface area contributed by atoms with Crippen molar-refractivity contribution in [3.8, 4) is 0 Å². The first-order valence-electron chi connectivity index (χ1n) is 3.35. The molecule has 0 heterocycles. The summed E-state index contributed by atoms with van der Waals surface area (Å²) in [4.78, 5) is 10.0. The lowest BCUT2D eigenvalue weighted by atomic mass is 10.9. The Balaban J connectivity index is 4.18. The number of hydrogen-bond acceptors (Lipinski definition) is 5. The van der Waals surface area contributed by atoms with Crippen molar-refractivity contribution in [2.24, 2.45) is 0 Å². The fraction of sp³-hybridized carbons (Fsp3) is 0.800. The number of carbonyl (C=O) groups is 1. The summed E-state index contributed by atoms with van der Waals surface area (Å²) in [7, 11) is -3.88. The van der Waals surface area contributed by atoms with E-state index in [1.165, 1.54) is 0 Å². The molecule has 0 aromatic rings. The van der Waals surface area contributed by atoms with E-state index in [0.29, 0.717) is 0 Å². The normalized spacial score (nSPS) is 11.2. The molecule has 0 saturated heterocycles. The summed E-state index contributed by atoms with van der Waals surface area (Å²) < 4.78 is 24.1. The van der Waals surface area contributed by atoms with E-state index in [4.69, 9.17) is 5.11 Å². The second-order valence-corrected chi connectivity index (χ2v) is 3.23. The van der Waals surface area contributed by atoms with E-state index < -0.39 is 14.0 Å². The molecule has 0 radical (unpaired) electrons. The minimum absolute atomic E-state index is 0.0601. The lowest BCUT2D eigenvalue weighted by Crippen LogP contribution is -2.04. The first-order valence-corrected chi connectivity index (χ1v) is 4.81. The lowest BCUT2D eigenvalue weighted by molar-refractivity contribution is 0.100. The molecule has 0 bridgehead atoms. The first-order chi connectivity index (χ1) is 5.54. The molecule has 0 amide bonds. The highest BCUT2D eigenvalue weighted by Gasteiger charge is 2.29. The van der Waals surface area contributed by atoms with Gasteiger partial charge in [-0.25, -0.2) is 9.36 Å². The van der Waals surface area contributed by atoms with E-state index in [-0.39, 0.29) is 13.2 Å². The maximum absolute atomic E-state index is 11.2. The molecule has 0 aromatic heterocycles. The fourth-order valence-corrected chi connectivity index (χ4v) is 1.51. The zero-order valence-corrected chi connectivity index (χ0v) is 7.74. The van der Waals surface area contributed by atoms with Crippen LogP contribution in [0.2, 0.25) is 0 Å². The Morgan fingerprint density at radius 3 is 2.00 bits per heavy atom. The predicted molar refractivity (Wildman–Crippen MR) is 40.0 cm³/mol. The van der Waals surface area contributed by atoms with Gasteiger partial charge in [-0.2, -0.15) is 0 Å². The summed E-state index contributed by atoms with van der Waals surface area (Å²) in [6.45, 7) is 3.23. The van der Waals surface area contributed by atoms with E-state index in [0.717, 1.165) is 0 Å². The molecule has 0 spiro atoms. The topological polar surface area (TPSA) is 82.1 Å². The number of carboxylic acid groups (broad SMARTS) is 1.